The molecule has 4 rings (SSSR count). The van der Waals surface area contributed by atoms with Gasteiger partial charge in [0.1, 0.15) is 18.2 Å². The summed E-state index contributed by atoms with van der Waals surface area (Å²) in [5, 5.41) is 10.3. The Bertz CT molecular complexity index is 1020. The van der Waals surface area contributed by atoms with Crippen LogP contribution in [-0.4, -0.2) is 41.8 Å². The molecule has 3 aromatic heterocycles. The van der Waals surface area contributed by atoms with Gasteiger partial charge in [-0.15, -0.1) is 10.2 Å². The molecule has 1 amide bonds. The number of fused-ring (bicyclic) bond motifs is 1. The average molecular weight is 361 g/mol. The molecule has 3 heterocycles. The summed E-state index contributed by atoms with van der Waals surface area (Å²) in [4.78, 5) is 21.1. The van der Waals surface area contributed by atoms with E-state index in [4.69, 9.17) is 0 Å². The van der Waals surface area contributed by atoms with Gasteiger partial charge in [0.15, 0.2) is 5.65 Å². The quantitative estimate of drug-likeness (QED) is 0.541. The molecule has 0 radical (unpaired) electrons. The monoisotopic (exact) mass is 361 g/mol. The van der Waals surface area contributed by atoms with Crippen LogP contribution in [0.4, 0.5) is 0 Å². The molecule has 8 nitrogen and oxygen atoms in total. The van der Waals surface area contributed by atoms with Crippen molar-refractivity contribution in [2.75, 3.05) is 6.54 Å². The van der Waals surface area contributed by atoms with E-state index in [1.807, 2.05) is 22.8 Å². The van der Waals surface area contributed by atoms with E-state index in [1.54, 1.807) is 35.8 Å². The number of carbonyl (C=O) groups excluding carboxylic acids is 1. The summed E-state index contributed by atoms with van der Waals surface area (Å²) in [7, 11) is 0. The number of amides is 1. The fraction of sp³-hybridized carbons (Fsp3) is 0.211. The molecular formula is C19H19N7O. The van der Waals surface area contributed by atoms with Crippen molar-refractivity contribution in [3.05, 3.63) is 72.7 Å². The number of imidazole rings is 1. The minimum absolute atomic E-state index is 0.170. The van der Waals surface area contributed by atoms with E-state index in [9.17, 15) is 4.79 Å². The lowest BCUT2D eigenvalue weighted by Crippen LogP contribution is -2.27. The van der Waals surface area contributed by atoms with Crippen LogP contribution in [0.3, 0.4) is 0 Å². The molecule has 1 N–H and O–H groups in total. The Kier molecular flexibility index (Phi) is 4.86. The van der Waals surface area contributed by atoms with E-state index in [2.05, 4.69) is 37.6 Å². The zero-order valence-corrected chi connectivity index (χ0v) is 14.7. The number of hydrogen-bond donors (Lipinski definition) is 1. The molecule has 0 saturated heterocycles. The first-order chi connectivity index (χ1) is 13.3. The second-order valence-corrected chi connectivity index (χ2v) is 6.20. The maximum absolute atomic E-state index is 12.3. The lowest BCUT2D eigenvalue weighted by molar-refractivity contribution is 0.0952. The van der Waals surface area contributed by atoms with Crippen LogP contribution in [0.15, 0.2) is 61.6 Å². The highest BCUT2D eigenvalue weighted by molar-refractivity contribution is 5.96. The van der Waals surface area contributed by atoms with Gasteiger partial charge >= 0.3 is 0 Å². The molecule has 0 bridgehead atoms. The van der Waals surface area contributed by atoms with Crippen LogP contribution in [-0.2, 0) is 19.5 Å². The zero-order valence-electron chi connectivity index (χ0n) is 14.7. The van der Waals surface area contributed by atoms with E-state index < -0.39 is 0 Å². The Labute approximate surface area is 155 Å². The number of aromatic nitrogens is 6. The summed E-state index contributed by atoms with van der Waals surface area (Å²) in [6.45, 7) is 1.89. The summed E-state index contributed by atoms with van der Waals surface area (Å²) in [5.74, 6) is -0.170. The number of aryl methyl sites for hydroxylation is 2. The van der Waals surface area contributed by atoms with Crippen molar-refractivity contribution in [1.82, 2.24) is 34.6 Å². The highest BCUT2D eigenvalue weighted by atomic mass is 16.1. The van der Waals surface area contributed by atoms with Crippen molar-refractivity contribution in [3.63, 3.8) is 0 Å². The van der Waals surface area contributed by atoms with Crippen LogP contribution < -0.4 is 5.32 Å². The van der Waals surface area contributed by atoms with E-state index in [-0.39, 0.29) is 5.91 Å². The van der Waals surface area contributed by atoms with E-state index in [1.165, 1.54) is 5.56 Å². The van der Waals surface area contributed by atoms with E-state index in [0.717, 1.165) is 24.1 Å². The van der Waals surface area contributed by atoms with Crippen LogP contribution in [0.1, 0.15) is 15.9 Å². The first-order valence-corrected chi connectivity index (χ1v) is 8.75. The largest absolute Gasteiger partial charge is 0.350 e. The molecule has 4 aromatic rings. The molecule has 0 spiro atoms. The van der Waals surface area contributed by atoms with Gasteiger partial charge < -0.3 is 14.5 Å². The molecule has 1 aromatic carbocycles. The van der Waals surface area contributed by atoms with E-state index >= 15 is 0 Å². The molecule has 0 aliphatic rings. The SMILES string of the molecule is O=C(NCCn1cnnc1)c1cnc2c(c1)ncn2CCc1ccccc1. The summed E-state index contributed by atoms with van der Waals surface area (Å²) in [6.07, 6.45) is 7.49. The van der Waals surface area contributed by atoms with Crippen molar-refractivity contribution >= 4 is 17.1 Å². The molecule has 0 aliphatic heterocycles. The van der Waals surface area contributed by atoms with Gasteiger partial charge in [0, 0.05) is 25.8 Å². The Hall–Kier alpha value is -3.55. The van der Waals surface area contributed by atoms with Gasteiger partial charge in [0.25, 0.3) is 5.91 Å². The number of nitrogens with zero attached hydrogens (tertiary/aromatic N) is 6. The highest BCUT2D eigenvalue weighted by Gasteiger charge is 2.10. The third kappa shape index (κ3) is 4.00. The molecule has 0 fully saturated rings. The van der Waals surface area contributed by atoms with Crippen molar-refractivity contribution in [2.24, 2.45) is 0 Å². The summed E-state index contributed by atoms with van der Waals surface area (Å²) < 4.78 is 3.81. The van der Waals surface area contributed by atoms with Crippen LogP contribution in [0, 0.1) is 0 Å². The highest BCUT2D eigenvalue weighted by Crippen LogP contribution is 2.13. The molecular weight excluding hydrogens is 342 g/mol. The van der Waals surface area contributed by atoms with Gasteiger partial charge in [-0.1, -0.05) is 30.3 Å². The molecule has 0 saturated carbocycles. The Morgan fingerprint density at radius 3 is 2.63 bits per heavy atom. The Morgan fingerprint density at radius 2 is 1.81 bits per heavy atom. The fourth-order valence-electron chi connectivity index (χ4n) is 2.87. The smallest absolute Gasteiger partial charge is 0.252 e. The second-order valence-electron chi connectivity index (χ2n) is 6.20. The second kappa shape index (κ2) is 7.77. The van der Waals surface area contributed by atoms with Crippen LogP contribution in [0.5, 0.6) is 0 Å². The van der Waals surface area contributed by atoms with Crippen LogP contribution >= 0.6 is 0 Å². The normalized spacial score (nSPS) is 11.0. The van der Waals surface area contributed by atoms with Gasteiger partial charge in [-0.25, -0.2) is 9.97 Å². The molecule has 0 aliphatic carbocycles. The first kappa shape index (κ1) is 16.9. The number of nitrogens with one attached hydrogen (secondary N) is 1. The van der Waals surface area contributed by atoms with Gasteiger partial charge in [0.05, 0.1) is 11.9 Å². The Morgan fingerprint density at radius 1 is 1.00 bits per heavy atom. The van der Waals surface area contributed by atoms with Crippen LogP contribution in [0.2, 0.25) is 0 Å². The predicted octanol–water partition coefficient (Wildman–Crippen LogP) is 1.70. The molecule has 27 heavy (non-hydrogen) atoms. The Balaban J connectivity index is 1.39. The zero-order chi connectivity index (χ0) is 18.5. The van der Waals surface area contributed by atoms with E-state index in [0.29, 0.717) is 18.7 Å². The van der Waals surface area contributed by atoms with Crippen molar-refractivity contribution in [2.45, 2.75) is 19.5 Å². The lowest BCUT2D eigenvalue weighted by atomic mass is 10.1. The summed E-state index contributed by atoms with van der Waals surface area (Å²) >= 11 is 0. The average Bonchev–Trinajstić information content (AvgIpc) is 3.36. The maximum atomic E-state index is 12.3. The predicted molar refractivity (Wildman–Crippen MR) is 100 cm³/mol. The summed E-state index contributed by atoms with van der Waals surface area (Å²) in [6, 6.07) is 12.1. The maximum Gasteiger partial charge on any atom is 0.252 e. The first-order valence-electron chi connectivity index (χ1n) is 8.75. The van der Waals surface area contributed by atoms with Crippen molar-refractivity contribution in [3.8, 4) is 0 Å². The van der Waals surface area contributed by atoms with Crippen molar-refractivity contribution < 1.29 is 4.79 Å². The molecule has 0 atom stereocenters. The lowest BCUT2D eigenvalue weighted by Gasteiger charge is -2.06. The van der Waals surface area contributed by atoms with Gasteiger partial charge in [0.2, 0.25) is 0 Å². The van der Waals surface area contributed by atoms with Crippen molar-refractivity contribution in [1.29, 1.82) is 0 Å². The number of carbonyl (C=O) groups is 1. The third-order valence-electron chi connectivity index (χ3n) is 4.32. The topological polar surface area (TPSA) is 90.5 Å². The minimum Gasteiger partial charge on any atom is -0.350 e. The number of benzene rings is 1. The number of hydrogen-bond acceptors (Lipinski definition) is 5. The van der Waals surface area contributed by atoms with Crippen LogP contribution in [0.25, 0.3) is 11.2 Å². The standard InChI is InChI=1S/C19H19N7O/c27-19(20-7-9-25-13-23-24-14-25)16-10-17-18(21-11-16)26(12-22-17)8-6-15-4-2-1-3-5-15/h1-5,10-14H,6-9H2,(H,20,27). The van der Waals surface area contributed by atoms with Gasteiger partial charge in [-0.3, -0.25) is 4.79 Å². The fourth-order valence-corrected chi connectivity index (χ4v) is 2.87. The number of rotatable bonds is 7. The molecule has 0 unspecified atom stereocenters. The third-order valence-corrected chi connectivity index (χ3v) is 4.32. The minimum atomic E-state index is -0.170. The number of pyridine rings is 1. The molecule has 8 heteroatoms. The summed E-state index contributed by atoms with van der Waals surface area (Å²) in [5.41, 5.74) is 3.27. The van der Waals surface area contributed by atoms with Gasteiger partial charge in [-0.2, -0.15) is 0 Å². The molecule has 136 valence electrons. The van der Waals surface area contributed by atoms with Gasteiger partial charge in [-0.05, 0) is 18.1 Å².